The van der Waals surface area contributed by atoms with Crippen LogP contribution in [0.2, 0.25) is 0 Å². The lowest BCUT2D eigenvalue weighted by molar-refractivity contribution is -0.147. The van der Waals surface area contributed by atoms with Crippen LogP contribution in [-0.2, 0) is 9.53 Å². The molecule has 0 amide bonds. The number of hydrogen-bond donors (Lipinski definition) is 1. The molecule has 1 heterocycles. The van der Waals surface area contributed by atoms with E-state index in [0.29, 0.717) is 22.8 Å². The summed E-state index contributed by atoms with van der Waals surface area (Å²) in [4.78, 5) is 11.7. The van der Waals surface area contributed by atoms with Gasteiger partial charge >= 0.3 is 5.97 Å². The van der Waals surface area contributed by atoms with Gasteiger partial charge in [-0.3, -0.25) is 10.2 Å². The molecule has 2 aliphatic rings. The SMILES string of the molecule is CCOC(=O)[C@H]1C(=N)S[C@H]2CCCC[C@@H]12. The van der Waals surface area contributed by atoms with Gasteiger partial charge < -0.3 is 4.74 Å². The Morgan fingerprint density at radius 3 is 3.00 bits per heavy atom. The van der Waals surface area contributed by atoms with Gasteiger partial charge in [-0.25, -0.2) is 0 Å². The van der Waals surface area contributed by atoms with Gasteiger partial charge in [-0.15, -0.1) is 11.8 Å². The van der Waals surface area contributed by atoms with Crippen molar-refractivity contribution in [2.24, 2.45) is 11.8 Å². The van der Waals surface area contributed by atoms with E-state index in [9.17, 15) is 4.79 Å². The number of thioether (sulfide) groups is 1. The summed E-state index contributed by atoms with van der Waals surface area (Å²) >= 11 is 1.59. The summed E-state index contributed by atoms with van der Waals surface area (Å²) in [7, 11) is 0. The second kappa shape index (κ2) is 4.56. The lowest BCUT2D eigenvalue weighted by Gasteiger charge is -2.26. The minimum Gasteiger partial charge on any atom is -0.465 e. The highest BCUT2D eigenvalue weighted by Crippen LogP contribution is 2.46. The summed E-state index contributed by atoms with van der Waals surface area (Å²) in [5.41, 5.74) is 0. The summed E-state index contributed by atoms with van der Waals surface area (Å²) < 4.78 is 5.05. The molecule has 15 heavy (non-hydrogen) atoms. The van der Waals surface area contributed by atoms with Crippen molar-refractivity contribution in [3.8, 4) is 0 Å². The Balaban J connectivity index is 2.09. The zero-order valence-corrected chi connectivity index (χ0v) is 9.81. The molecule has 4 heteroatoms. The topological polar surface area (TPSA) is 50.2 Å². The molecule has 0 aromatic carbocycles. The molecule has 2 fully saturated rings. The van der Waals surface area contributed by atoms with Crippen molar-refractivity contribution in [1.82, 2.24) is 0 Å². The van der Waals surface area contributed by atoms with Crippen molar-refractivity contribution in [2.45, 2.75) is 37.9 Å². The summed E-state index contributed by atoms with van der Waals surface area (Å²) in [6.45, 7) is 2.24. The van der Waals surface area contributed by atoms with E-state index in [1.807, 2.05) is 6.92 Å². The number of fused-ring (bicyclic) bond motifs is 1. The Kier molecular flexibility index (Phi) is 3.34. The van der Waals surface area contributed by atoms with E-state index in [1.54, 1.807) is 11.8 Å². The highest BCUT2D eigenvalue weighted by atomic mass is 32.2. The number of carbonyl (C=O) groups is 1. The Bertz CT molecular complexity index is 280. The van der Waals surface area contributed by atoms with Gasteiger partial charge in [0.25, 0.3) is 0 Å². The molecule has 0 radical (unpaired) electrons. The van der Waals surface area contributed by atoms with Crippen molar-refractivity contribution in [1.29, 1.82) is 5.41 Å². The van der Waals surface area contributed by atoms with Gasteiger partial charge in [-0.1, -0.05) is 12.8 Å². The van der Waals surface area contributed by atoms with E-state index in [1.165, 1.54) is 12.8 Å². The van der Waals surface area contributed by atoms with Crippen molar-refractivity contribution in [3.63, 3.8) is 0 Å². The third-order valence-electron chi connectivity index (χ3n) is 3.28. The standard InChI is InChI=1S/C11H17NO2S/c1-2-14-11(13)9-7-5-3-4-6-8(7)15-10(9)12/h7-9,12H,2-6H2,1H3/t7-,8+,9-/m1/s1. The molecule has 0 aromatic heterocycles. The fourth-order valence-electron chi connectivity index (χ4n) is 2.60. The molecular weight excluding hydrogens is 210 g/mol. The first-order valence-electron chi connectivity index (χ1n) is 5.65. The maximum atomic E-state index is 11.7. The van der Waals surface area contributed by atoms with Gasteiger partial charge in [0.15, 0.2) is 0 Å². The van der Waals surface area contributed by atoms with Gasteiger partial charge in [-0.2, -0.15) is 0 Å². The van der Waals surface area contributed by atoms with Crippen LogP contribution in [0.15, 0.2) is 0 Å². The van der Waals surface area contributed by atoms with Crippen LogP contribution in [0.3, 0.4) is 0 Å². The number of hydrogen-bond acceptors (Lipinski definition) is 4. The second-order valence-corrected chi connectivity index (χ2v) is 5.48. The van der Waals surface area contributed by atoms with Crippen LogP contribution in [0.1, 0.15) is 32.6 Å². The van der Waals surface area contributed by atoms with Crippen molar-refractivity contribution in [3.05, 3.63) is 0 Å². The second-order valence-electron chi connectivity index (χ2n) is 4.20. The number of nitrogens with one attached hydrogen (secondary N) is 1. The highest BCUT2D eigenvalue weighted by Gasteiger charge is 2.46. The van der Waals surface area contributed by atoms with E-state index in [2.05, 4.69) is 0 Å². The molecule has 0 aromatic rings. The van der Waals surface area contributed by atoms with Gasteiger partial charge in [0.05, 0.1) is 11.7 Å². The molecule has 2 rings (SSSR count). The molecule has 1 N–H and O–H groups in total. The first kappa shape index (κ1) is 11.0. The maximum absolute atomic E-state index is 11.7. The normalized spacial score (nSPS) is 35.0. The first-order valence-corrected chi connectivity index (χ1v) is 6.53. The first-order chi connectivity index (χ1) is 7.24. The highest BCUT2D eigenvalue weighted by molar-refractivity contribution is 8.14. The Labute approximate surface area is 94.5 Å². The molecule has 1 aliphatic carbocycles. The van der Waals surface area contributed by atoms with Gasteiger partial charge in [0.1, 0.15) is 5.92 Å². The van der Waals surface area contributed by atoms with Crippen LogP contribution < -0.4 is 0 Å². The molecular formula is C11H17NO2S. The molecule has 3 nitrogen and oxygen atoms in total. The van der Waals surface area contributed by atoms with Crippen LogP contribution in [0.5, 0.6) is 0 Å². The van der Waals surface area contributed by atoms with Gasteiger partial charge in [-0.05, 0) is 25.7 Å². The fraction of sp³-hybridized carbons (Fsp3) is 0.818. The third kappa shape index (κ3) is 2.05. The minimum absolute atomic E-state index is 0.176. The molecule has 1 saturated heterocycles. The van der Waals surface area contributed by atoms with Crippen LogP contribution in [0.25, 0.3) is 0 Å². The van der Waals surface area contributed by atoms with E-state index in [-0.39, 0.29) is 11.9 Å². The van der Waals surface area contributed by atoms with Crippen LogP contribution >= 0.6 is 11.8 Å². The average Bonchev–Trinajstić information content (AvgIpc) is 2.54. The largest absolute Gasteiger partial charge is 0.465 e. The Morgan fingerprint density at radius 1 is 1.53 bits per heavy atom. The van der Waals surface area contributed by atoms with E-state index in [0.717, 1.165) is 12.8 Å². The predicted molar refractivity (Wildman–Crippen MR) is 61.2 cm³/mol. The van der Waals surface area contributed by atoms with E-state index < -0.39 is 0 Å². The molecule has 0 spiro atoms. The number of esters is 1. The van der Waals surface area contributed by atoms with Crippen molar-refractivity contribution < 1.29 is 9.53 Å². The Morgan fingerprint density at radius 2 is 2.27 bits per heavy atom. The molecule has 3 atom stereocenters. The zero-order valence-electron chi connectivity index (χ0n) is 8.99. The molecule has 0 bridgehead atoms. The van der Waals surface area contributed by atoms with Crippen LogP contribution in [-0.4, -0.2) is 22.9 Å². The zero-order chi connectivity index (χ0) is 10.8. The minimum atomic E-state index is -0.250. The quantitative estimate of drug-likeness (QED) is 0.737. The van der Waals surface area contributed by atoms with Crippen molar-refractivity contribution in [2.75, 3.05) is 6.61 Å². The molecule has 84 valence electrons. The molecule has 1 aliphatic heterocycles. The lowest BCUT2D eigenvalue weighted by atomic mass is 9.80. The van der Waals surface area contributed by atoms with Gasteiger partial charge in [0.2, 0.25) is 0 Å². The number of rotatable bonds is 2. The monoisotopic (exact) mass is 227 g/mol. The number of ether oxygens (including phenoxy) is 1. The predicted octanol–water partition coefficient (Wildman–Crippen LogP) is 2.45. The van der Waals surface area contributed by atoms with Gasteiger partial charge in [0, 0.05) is 5.25 Å². The van der Waals surface area contributed by atoms with Crippen LogP contribution in [0.4, 0.5) is 0 Å². The average molecular weight is 227 g/mol. The molecule has 0 unspecified atom stereocenters. The summed E-state index contributed by atoms with van der Waals surface area (Å²) in [6.07, 6.45) is 4.69. The molecule has 1 saturated carbocycles. The lowest BCUT2D eigenvalue weighted by Crippen LogP contribution is -2.31. The summed E-state index contributed by atoms with van der Waals surface area (Å²) in [5.74, 6) is -0.0556. The number of carbonyl (C=O) groups excluding carboxylic acids is 1. The van der Waals surface area contributed by atoms with Crippen LogP contribution in [0, 0.1) is 17.2 Å². The summed E-state index contributed by atoms with van der Waals surface area (Å²) in [5, 5.41) is 8.91. The van der Waals surface area contributed by atoms with E-state index in [4.69, 9.17) is 10.1 Å². The summed E-state index contributed by atoms with van der Waals surface area (Å²) in [6, 6.07) is 0. The smallest absolute Gasteiger partial charge is 0.315 e. The fourth-order valence-corrected chi connectivity index (χ4v) is 4.09. The third-order valence-corrected chi connectivity index (χ3v) is 4.68. The van der Waals surface area contributed by atoms with Crippen molar-refractivity contribution >= 4 is 22.8 Å². The maximum Gasteiger partial charge on any atom is 0.315 e. The van der Waals surface area contributed by atoms with E-state index >= 15 is 0 Å². The Hall–Kier alpha value is -0.510.